The number of unbranched alkanes of at least 4 members (excludes halogenated alkanes) is 13. The van der Waals surface area contributed by atoms with Crippen LogP contribution in [-0.2, 0) is 4.74 Å². The average Bonchev–Trinajstić information content (AvgIpc) is 2.83. The third-order valence-corrected chi connectivity index (χ3v) is 5.67. The SMILES string of the molecule is [2H]C([C@H](O)[C@@H](O)[C@H](O)[C@H](O)CO)N(C)C(=O)OCCCCCCCCCCCCCCCC. The topological polar surface area (TPSA) is 131 Å². The zero-order valence-corrected chi connectivity index (χ0v) is 20.2. The van der Waals surface area contributed by atoms with E-state index in [1.54, 1.807) is 0 Å². The minimum Gasteiger partial charge on any atom is -0.449 e. The molecule has 0 spiro atoms. The second-order valence-corrected chi connectivity index (χ2v) is 8.69. The van der Waals surface area contributed by atoms with Gasteiger partial charge in [0.05, 0.1) is 21.1 Å². The second-order valence-electron chi connectivity index (χ2n) is 8.69. The Morgan fingerprint density at radius 1 is 0.781 bits per heavy atom. The quantitative estimate of drug-likeness (QED) is 0.165. The molecule has 0 aliphatic heterocycles. The highest BCUT2D eigenvalue weighted by atomic mass is 16.6. The number of nitrogens with zero attached hydrogens (tertiary/aromatic N) is 1. The summed E-state index contributed by atoms with van der Waals surface area (Å²) in [5, 5.41) is 47.6. The highest BCUT2D eigenvalue weighted by Gasteiger charge is 2.31. The van der Waals surface area contributed by atoms with Gasteiger partial charge in [0.2, 0.25) is 0 Å². The zero-order valence-electron chi connectivity index (χ0n) is 21.2. The van der Waals surface area contributed by atoms with Crippen molar-refractivity contribution in [2.24, 2.45) is 0 Å². The van der Waals surface area contributed by atoms with Gasteiger partial charge in [-0.2, -0.15) is 0 Å². The summed E-state index contributed by atoms with van der Waals surface area (Å²) in [7, 11) is 1.25. The molecule has 0 aromatic carbocycles. The van der Waals surface area contributed by atoms with Crippen LogP contribution in [0.4, 0.5) is 4.79 Å². The molecule has 0 bridgehead atoms. The van der Waals surface area contributed by atoms with Crippen LogP contribution in [0, 0.1) is 0 Å². The Labute approximate surface area is 196 Å². The number of carbonyl (C=O) groups is 1. The summed E-state index contributed by atoms with van der Waals surface area (Å²) in [6.07, 6.45) is 9.10. The van der Waals surface area contributed by atoms with Crippen molar-refractivity contribution in [2.75, 3.05) is 26.8 Å². The summed E-state index contributed by atoms with van der Waals surface area (Å²) in [5.74, 6) is 0. The Morgan fingerprint density at radius 2 is 1.19 bits per heavy atom. The van der Waals surface area contributed by atoms with Crippen molar-refractivity contribution < 1.29 is 36.4 Å². The van der Waals surface area contributed by atoms with Gasteiger partial charge in [-0.3, -0.25) is 0 Å². The number of amides is 1. The maximum Gasteiger partial charge on any atom is 0.409 e. The van der Waals surface area contributed by atoms with Crippen LogP contribution >= 0.6 is 0 Å². The van der Waals surface area contributed by atoms with Gasteiger partial charge in [-0.1, -0.05) is 90.4 Å². The normalized spacial score (nSPS) is 16.7. The van der Waals surface area contributed by atoms with E-state index in [0.29, 0.717) is 6.42 Å². The molecule has 32 heavy (non-hydrogen) atoms. The highest BCUT2D eigenvalue weighted by molar-refractivity contribution is 5.67. The van der Waals surface area contributed by atoms with Crippen molar-refractivity contribution in [3.05, 3.63) is 0 Å². The van der Waals surface area contributed by atoms with Crippen LogP contribution < -0.4 is 0 Å². The van der Waals surface area contributed by atoms with Gasteiger partial charge in [0.15, 0.2) is 0 Å². The van der Waals surface area contributed by atoms with E-state index < -0.39 is 43.6 Å². The largest absolute Gasteiger partial charge is 0.449 e. The van der Waals surface area contributed by atoms with Crippen molar-refractivity contribution in [1.82, 2.24) is 4.90 Å². The summed E-state index contributed by atoms with van der Waals surface area (Å²) >= 11 is 0. The molecule has 1 amide bonds. The lowest BCUT2D eigenvalue weighted by Gasteiger charge is -2.28. The third kappa shape index (κ3) is 15.8. The molecule has 0 aliphatic carbocycles. The molecule has 0 radical (unpaired) electrons. The first-order chi connectivity index (χ1) is 15.8. The molecule has 0 heterocycles. The van der Waals surface area contributed by atoms with Gasteiger partial charge in [0.25, 0.3) is 0 Å². The second kappa shape index (κ2) is 20.7. The Bertz CT molecular complexity index is 472. The molecule has 0 fully saturated rings. The van der Waals surface area contributed by atoms with E-state index in [1.807, 2.05) is 0 Å². The predicted molar refractivity (Wildman–Crippen MR) is 125 cm³/mol. The van der Waals surface area contributed by atoms with Crippen LogP contribution in [0.3, 0.4) is 0 Å². The number of ether oxygens (including phenoxy) is 1. The first kappa shape index (κ1) is 29.1. The van der Waals surface area contributed by atoms with E-state index in [2.05, 4.69) is 6.92 Å². The van der Waals surface area contributed by atoms with Crippen molar-refractivity contribution in [2.45, 2.75) is 121 Å². The van der Waals surface area contributed by atoms with Crippen LogP contribution in [0.5, 0.6) is 0 Å². The summed E-state index contributed by atoms with van der Waals surface area (Å²) in [5.41, 5.74) is 0. The van der Waals surface area contributed by atoms with E-state index >= 15 is 0 Å². The van der Waals surface area contributed by atoms with E-state index in [0.717, 1.165) is 17.7 Å². The average molecular weight is 465 g/mol. The molecule has 8 heteroatoms. The Hall–Kier alpha value is -0.930. The summed E-state index contributed by atoms with van der Waals surface area (Å²) in [6, 6.07) is 0. The predicted octanol–water partition coefficient (Wildman–Crippen LogP) is 2.97. The number of aliphatic hydroxyl groups is 5. The first-order valence-corrected chi connectivity index (χ1v) is 12.4. The monoisotopic (exact) mass is 464 g/mol. The van der Waals surface area contributed by atoms with Crippen molar-refractivity contribution in [3.63, 3.8) is 0 Å². The molecule has 0 saturated heterocycles. The third-order valence-electron chi connectivity index (χ3n) is 5.67. The molecule has 8 nitrogen and oxygen atoms in total. The maximum absolute atomic E-state index is 12.0. The Morgan fingerprint density at radius 3 is 1.62 bits per heavy atom. The molecular formula is C24H49NO7. The maximum atomic E-state index is 12.0. The first-order valence-electron chi connectivity index (χ1n) is 13.0. The lowest BCUT2D eigenvalue weighted by Crippen LogP contribution is -2.50. The molecule has 0 rings (SSSR count). The fourth-order valence-corrected chi connectivity index (χ4v) is 3.47. The minimum atomic E-state index is -1.91. The number of carbonyl (C=O) groups excluding carboxylic acids is 1. The number of hydrogen-bond donors (Lipinski definition) is 5. The molecule has 1 unspecified atom stereocenters. The zero-order chi connectivity index (χ0) is 25.1. The van der Waals surface area contributed by atoms with Crippen LogP contribution in [0.15, 0.2) is 0 Å². The van der Waals surface area contributed by atoms with Gasteiger partial charge in [0.1, 0.15) is 24.4 Å². The smallest absolute Gasteiger partial charge is 0.409 e. The van der Waals surface area contributed by atoms with Gasteiger partial charge in [0, 0.05) is 7.05 Å². The minimum absolute atomic E-state index is 0.207. The van der Waals surface area contributed by atoms with Crippen LogP contribution in [0.2, 0.25) is 0 Å². The summed E-state index contributed by atoms with van der Waals surface area (Å²) in [4.78, 5) is 12.9. The van der Waals surface area contributed by atoms with Crippen molar-refractivity contribution in [3.8, 4) is 0 Å². The van der Waals surface area contributed by atoms with Crippen LogP contribution in [-0.4, -0.2) is 87.7 Å². The molecule has 192 valence electrons. The molecule has 0 aromatic rings. The van der Waals surface area contributed by atoms with E-state index in [1.165, 1.54) is 77.7 Å². The van der Waals surface area contributed by atoms with Gasteiger partial charge in [-0.25, -0.2) is 4.79 Å². The molecule has 0 aromatic heterocycles. The molecule has 5 atom stereocenters. The lowest BCUT2D eigenvalue weighted by atomic mass is 10.0. The van der Waals surface area contributed by atoms with E-state index in [9.17, 15) is 25.2 Å². The number of hydrogen-bond acceptors (Lipinski definition) is 7. The molecule has 5 N–H and O–H groups in total. The van der Waals surface area contributed by atoms with Gasteiger partial charge in [-0.15, -0.1) is 0 Å². The fraction of sp³-hybridized carbons (Fsp3) is 0.958. The van der Waals surface area contributed by atoms with E-state index in [-0.39, 0.29) is 6.61 Å². The van der Waals surface area contributed by atoms with Gasteiger partial charge in [-0.05, 0) is 6.42 Å². The Balaban J connectivity index is 3.78. The van der Waals surface area contributed by atoms with Gasteiger partial charge < -0.3 is 35.2 Å². The van der Waals surface area contributed by atoms with Crippen molar-refractivity contribution >= 4 is 6.09 Å². The standard InChI is InChI=1S/C24H49NO7/c1-3-4-5-6-7-8-9-10-11-12-13-14-15-16-17-32-24(31)25(2)18-20(27)22(29)23(30)21(28)19-26/h20-23,26-30H,3-19H2,1-2H3/t20-,21+,22+,23+/m0/s1/i18D/t18?,20-,21+,22+,23+. The lowest BCUT2D eigenvalue weighted by molar-refractivity contribution is -0.117. The molecule has 0 saturated carbocycles. The molecule has 0 aliphatic rings. The Kier molecular flexibility index (Phi) is 18.8. The fourth-order valence-electron chi connectivity index (χ4n) is 3.47. The van der Waals surface area contributed by atoms with E-state index in [4.69, 9.17) is 11.2 Å². The number of rotatable bonds is 21. The highest BCUT2D eigenvalue weighted by Crippen LogP contribution is 2.13. The summed E-state index contributed by atoms with van der Waals surface area (Å²) in [6.45, 7) is 0.0250. The van der Waals surface area contributed by atoms with Gasteiger partial charge >= 0.3 is 6.09 Å². The number of aliphatic hydroxyl groups excluding tert-OH is 5. The van der Waals surface area contributed by atoms with Crippen LogP contribution in [0.25, 0.3) is 0 Å². The van der Waals surface area contributed by atoms with Crippen molar-refractivity contribution in [1.29, 1.82) is 0 Å². The van der Waals surface area contributed by atoms with Crippen LogP contribution in [0.1, 0.15) is 98.2 Å². The molecular weight excluding hydrogens is 414 g/mol. The number of likely N-dealkylation sites (N-methyl/N-ethyl adjacent to an activating group) is 1. The summed E-state index contributed by atoms with van der Waals surface area (Å²) < 4.78 is 13.0.